The highest BCUT2D eigenvalue weighted by Gasteiger charge is 2.47. The van der Waals surface area contributed by atoms with Gasteiger partial charge in [-0.25, -0.2) is 4.79 Å². The first-order valence-corrected chi connectivity index (χ1v) is 18.9. The number of rotatable bonds is 19. The first kappa shape index (κ1) is 49.3. The molecule has 314 valence electrons. The Kier molecular flexibility index (Phi) is 16.5. The van der Waals surface area contributed by atoms with E-state index < -0.39 is 87.1 Å². The van der Waals surface area contributed by atoms with E-state index in [-0.39, 0.29) is 32.7 Å². The second kappa shape index (κ2) is 18.5. The molecule has 55 heavy (non-hydrogen) atoms. The predicted molar refractivity (Wildman–Crippen MR) is 213 cm³/mol. The van der Waals surface area contributed by atoms with Gasteiger partial charge in [0.15, 0.2) is 0 Å². The van der Waals surface area contributed by atoms with Crippen molar-refractivity contribution < 1.29 is 49.5 Å². The largest absolute Gasteiger partial charge is 0.480 e. The molecule has 0 heterocycles. The van der Waals surface area contributed by atoms with E-state index in [1.165, 1.54) is 4.90 Å². The number of nitrogens with one attached hydrogen (secondary N) is 1. The van der Waals surface area contributed by atoms with Crippen molar-refractivity contribution in [1.29, 1.82) is 0 Å². The molecule has 0 saturated carbocycles. The Hall–Kier alpha value is -3.75. The monoisotopic (exact) mass is 779 g/mol. The molecule has 1 aromatic rings. The normalized spacial score (nSPS) is 16.0. The fraction of sp³-hybridized carbons (Fsp3) is 0.732. The third kappa shape index (κ3) is 14.4. The number of nitrogens with zero attached hydrogens (tertiary/aromatic N) is 3. The van der Waals surface area contributed by atoms with E-state index in [0.29, 0.717) is 5.69 Å². The van der Waals surface area contributed by atoms with Gasteiger partial charge in [-0.05, 0) is 44.8 Å². The second-order valence-electron chi connectivity index (χ2n) is 20.2. The van der Waals surface area contributed by atoms with Crippen molar-refractivity contribution in [1.82, 2.24) is 14.7 Å². The van der Waals surface area contributed by atoms with Gasteiger partial charge < -0.3 is 30.8 Å². The zero-order chi connectivity index (χ0) is 43.2. The van der Waals surface area contributed by atoms with Gasteiger partial charge in [0.25, 0.3) is 0 Å². The lowest BCUT2D eigenvalue weighted by atomic mass is 9.79. The van der Waals surface area contributed by atoms with Crippen molar-refractivity contribution in [3.05, 3.63) is 29.8 Å². The minimum absolute atomic E-state index is 0.0199. The number of carboxylic acids is 5. The minimum Gasteiger partial charge on any atom is -0.480 e. The van der Waals surface area contributed by atoms with Crippen molar-refractivity contribution in [2.45, 2.75) is 141 Å². The Labute approximate surface area is 328 Å². The van der Waals surface area contributed by atoms with Crippen molar-refractivity contribution in [3.63, 3.8) is 0 Å². The molecule has 0 saturated heterocycles. The van der Waals surface area contributed by atoms with Crippen LogP contribution in [0.15, 0.2) is 24.3 Å². The highest BCUT2D eigenvalue weighted by molar-refractivity contribution is 5.79. The molecule has 1 rings (SSSR count). The van der Waals surface area contributed by atoms with Gasteiger partial charge in [0.05, 0.1) is 0 Å². The maximum absolute atomic E-state index is 13.0. The smallest absolute Gasteiger partial charge is 0.326 e. The lowest BCUT2D eigenvalue weighted by Crippen LogP contribution is -2.62. The molecule has 0 radical (unpaired) electrons. The number of hydrogen-bond acceptors (Lipinski definition) is 9. The van der Waals surface area contributed by atoms with Gasteiger partial charge >= 0.3 is 29.8 Å². The third-order valence-electron chi connectivity index (χ3n) is 9.69. The van der Waals surface area contributed by atoms with Crippen molar-refractivity contribution >= 4 is 35.5 Å². The van der Waals surface area contributed by atoms with Gasteiger partial charge in [-0.3, -0.25) is 33.9 Å². The standard InChI is InChI=1S/C41H70N4O10/c1-37(2,3)27(32(46)47)42-26-18-16-25(17-19-26)24-44(29(34(50)51)39(7,8)9)21-20-43(28(33(48)49)38(4,5)6)22-23-45(30(35(52)53)40(10,11)12)31(36(54)55)41(13,14)15/h16-19,27-31,42H,20-24H2,1-15H3,(H,46,47)(H,48,49)(H,50,51)(H,52,53)(H,54,55). The summed E-state index contributed by atoms with van der Waals surface area (Å²) < 4.78 is 0. The Balaban J connectivity index is 3.78. The van der Waals surface area contributed by atoms with E-state index in [2.05, 4.69) is 5.32 Å². The fourth-order valence-corrected chi connectivity index (χ4v) is 7.50. The molecular weight excluding hydrogens is 708 g/mol. The molecule has 0 amide bonds. The maximum Gasteiger partial charge on any atom is 0.326 e. The third-order valence-corrected chi connectivity index (χ3v) is 9.69. The van der Waals surface area contributed by atoms with E-state index in [4.69, 9.17) is 0 Å². The number of carbonyl (C=O) groups is 5. The van der Waals surface area contributed by atoms with Crippen molar-refractivity contribution in [3.8, 4) is 0 Å². The average molecular weight is 779 g/mol. The summed E-state index contributed by atoms with van der Waals surface area (Å²) in [6.07, 6.45) is 0. The van der Waals surface area contributed by atoms with Crippen LogP contribution in [-0.4, -0.2) is 126 Å². The topological polar surface area (TPSA) is 208 Å². The summed E-state index contributed by atoms with van der Waals surface area (Å²) in [7, 11) is 0. The number of anilines is 1. The maximum atomic E-state index is 13.0. The van der Waals surface area contributed by atoms with E-state index in [1.54, 1.807) is 96.4 Å². The molecule has 0 bridgehead atoms. The quantitative estimate of drug-likeness (QED) is 0.0953. The molecule has 0 spiro atoms. The first-order valence-electron chi connectivity index (χ1n) is 18.9. The van der Waals surface area contributed by atoms with Crippen molar-refractivity contribution in [2.24, 2.45) is 27.1 Å². The fourth-order valence-electron chi connectivity index (χ4n) is 7.50. The Morgan fingerprint density at radius 3 is 1.11 bits per heavy atom. The van der Waals surface area contributed by atoms with Gasteiger partial charge in [0.1, 0.15) is 30.2 Å². The molecule has 6 N–H and O–H groups in total. The molecule has 5 unspecified atom stereocenters. The van der Waals surface area contributed by atoms with Crippen LogP contribution < -0.4 is 5.32 Å². The molecular formula is C41H70N4O10. The molecule has 0 aliphatic rings. The van der Waals surface area contributed by atoms with Gasteiger partial charge in [-0.1, -0.05) is 116 Å². The average Bonchev–Trinajstić information content (AvgIpc) is 2.93. The molecule has 14 nitrogen and oxygen atoms in total. The summed E-state index contributed by atoms with van der Waals surface area (Å²) in [5.41, 5.74) is -2.61. The summed E-state index contributed by atoms with van der Waals surface area (Å²) in [5, 5.41) is 54.9. The second-order valence-corrected chi connectivity index (χ2v) is 20.2. The zero-order valence-electron chi connectivity index (χ0n) is 35.9. The molecule has 0 aliphatic carbocycles. The summed E-state index contributed by atoms with van der Waals surface area (Å²) in [6, 6.07) is 1.65. The lowest BCUT2D eigenvalue weighted by molar-refractivity contribution is -0.161. The highest BCUT2D eigenvalue weighted by Crippen LogP contribution is 2.34. The van der Waals surface area contributed by atoms with E-state index in [1.807, 2.05) is 41.5 Å². The van der Waals surface area contributed by atoms with Crippen LogP contribution in [0.3, 0.4) is 0 Å². The van der Waals surface area contributed by atoms with Crippen LogP contribution in [0, 0.1) is 27.1 Å². The van der Waals surface area contributed by atoms with Crippen LogP contribution in [0.2, 0.25) is 0 Å². The Morgan fingerprint density at radius 1 is 0.473 bits per heavy atom. The number of benzene rings is 1. The molecule has 5 atom stereocenters. The van der Waals surface area contributed by atoms with Gasteiger partial charge in [0.2, 0.25) is 0 Å². The summed E-state index contributed by atoms with van der Waals surface area (Å²) >= 11 is 0. The van der Waals surface area contributed by atoms with Gasteiger partial charge in [-0.2, -0.15) is 0 Å². The van der Waals surface area contributed by atoms with Gasteiger partial charge in [0, 0.05) is 38.4 Å². The molecule has 0 fully saturated rings. The number of aliphatic carboxylic acids is 5. The van der Waals surface area contributed by atoms with Crippen LogP contribution in [0.25, 0.3) is 0 Å². The van der Waals surface area contributed by atoms with E-state index in [0.717, 1.165) is 5.56 Å². The van der Waals surface area contributed by atoms with Crippen LogP contribution in [0.5, 0.6) is 0 Å². The van der Waals surface area contributed by atoms with Crippen molar-refractivity contribution in [2.75, 3.05) is 31.5 Å². The van der Waals surface area contributed by atoms with Gasteiger partial charge in [-0.15, -0.1) is 0 Å². The molecule has 0 aliphatic heterocycles. The first-order chi connectivity index (χ1) is 24.6. The lowest BCUT2D eigenvalue weighted by Gasteiger charge is -2.46. The molecule has 14 heteroatoms. The highest BCUT2D eigenvalue weighted by atomic mass is 16.4. The Morgan fingerprint density at radius 2 is 0.800 bits per heavy atom. The van der Waals surface area contributed by atoms with Crippen LogP contribution in [-0.2, 0) is 30.5 Å². The van der Waals surface area contributed by atoms with Crippen LogP contribution in [0.4, 0.5) is 5.69 Å². The molecule has 0 aromatic heterocycles. The van der Waals surface area contributed by atoms with E-state index in [9.17, 15) is 49.5 Å². The summed E-state index contributed by atoms with van der Waals surface area (Å²) in [4.78, 5) is 68.4. The predicted octanol–water partition coefficient (Wildman–Crippen LogP) is 6.00. The summed E-state index contributed by atoms with van der Waals surface area (Å²) in [6.45, 7) is 26.8. The minimum atomic E-state index is -1.23. The number of carboxylic acid groups (broad SMARTS) is 5. The molecule has 1 aromatic carbocycles. The van der Waals surface area contributed by atoms with Crippen LogP contribution >= 0.6 is 0 Å². The summed E-state index contributed by atoms with van der Waals surface area (Å²) in [5.74, 6) is -5.57. The SMILES string of the molecule is CC(C)(C)C(Nc1ccc(CN(CCN(CCN(C(C(=O)O)C(C)(C)C)C(C(=O)O)C(C)(C)C)C(C(=O)O)C(C)(C)C)C(C(=O)O)C(C)(C)C)cc1)C(=O)O. The van der Waals surface area contributed by atoms with Crippen LogP contribution in [0.1, 0.15) is 109 Å². The number of hydrogen-bond donors (Lipinski definition) is 6. The Bertz CT molecular complexity index is 1440. The van der Waals surface area contributed by atoms with E-state index >= 15 is 0 Å². The zero-order valence-corrected chi connectivity index (χ0v) is 35.9.